The maximum absolute atomic E-state index is 11.0. The van der Waals surface area contributed by atoms with Crippen LogP contribution in [0.15, 0.2) is 6.20 Å². The topological polar surface area (TPSA) is 55.0 Å². The molecule has 0 atom stereocenters. The first kappa shape index (κ1) is 10.2. The molecule has 1 aromatic rings. The van der Waals surface area contributed by atoms with Crippen molar-refractivity contribution in [1.29, 1.82) is 0 Å². The molecule has 0 spiro atoms. The molecule has 1 N–H and O–H groups in total. The molecule has 1 aliphatic rings. The third-order valence-electron chi connectivity index (χ3n) is 3.09. The predicted octanol–water partition coefficient (Wildman–Crippen LogP) is 1.78. The van der Waals surface area contributed by atoms with Crippen LogP contribution < -0.4 is 0 Å². The first-order valence-electron chi connectivity index (χ1n) is 5.40. The number of ether oxygens (including phenoxy) is 1. The van der Waals surface area contributed by atoms with Crippen LogP contribution in [0.4, 0.5) is 0 Å². The number of carbonyl (C=O) groups is 1. The molecule has 0 radical (unpaired) electrons. The number of nitrogens with one attached hydrogen (secondary N) is 1. The van der Waals surface area contributed by atoms with Crippen molar-refractivity contribution in [2.45, 2.75) is 38.0 Å². The predicted molar refractivity (Wildman–Crippen MR) is 55.5 cm³/mol. The Morgan fingerprint density at radius 3 is 3.07 bits per heavy atom. The number of rotatable bonds is 4. The van der Waals surface area contributed by atoms with E-state index >= 15 is 0 Å². The molecule has 0 aromatic carbocycles. The zero-order chi connectivity index (χ0) is 10.7. The lowest BCUT2D eigenvalue weighted by atomic mass is 9.81. The Hall–Kier alpha value is -1.32. The van der Waals surface area contributed by atoms with Crippen LogP contribution in [0.3, 0.4) is 0 Å². The molecule has 0 saturated heterocycles. The highest BCUT2D eigenvalue weighted by atomic mass is 16.5. The number of hydrogen-bond donors (Lipinski definition) is 1. The van der Waals surface area contributed by atoms with Crippen molar-refractivity contribution in [3.8, 4) is 0 Å². The van der Waals surface area contributed by atoms with Crippen LogP contribution in [0.5, 0.6) is 0 Å². The molecular formula is C11H16N2O2. The summed E-state index contributed by atoms with van der Waals surface area (Å²) in [5.74, 6) is 0.482. The van der Waals surface area contributed by atoms with Gasteiger partial charge in [-0.05, 0) is 24.8 Å². The van der Waals surface area contributed by atoms with Crippen molar-refractivity contribution in [3.05, 3.63) is 17.5 Å². The zero-order valence-electron chi connectivity index (χ0n) is 8.95. The van der Waals surface area contributed by atoms with Crippen LogP contribution in [-0.2, 0) is 16.0 Å². The number of nitrogens with zero attached hydrogens (tertiary/aromatic N) is 1. The molecular weight excluding hydrogens is 192 g/mol. The van der Waals surface area contributed by atoms with E-state index in [-0.39, 0.29) is 5.97 Å². The second-order valence-corrected chi connectivity index (χ2v) is 4.01. The standard InChI is InChI=1S/C11H16N2O2/c1-15-10(14)6-5-9-7-12-13-11(9)8-3-2-4-8/h7-8H,2-6H2,1H3,(H,12,13). The molecule has 1 aliphatic carbocycles. The van der Waals surface area contributed by atoms with Gasteiger partial charge in [0.05, 0.1) is 13.3 Å². The minimum absolute atomic E-state index is 0.157. The fourth-order valence-electron chi connectivity index (χ4n) is 1.91. The quantitative estimate of drug-likeness (QED) is 0.767. The molecule has 0 bridgehead atoms. The van der Waals surface area contributed by atoms with Gasteiger partial charge in [0, 0.05) is 18.0 Å². The van der Waals surface area contributed by atoms with Crippen molar-refractivity contribution in [2.24, 2.45) is 0 Å². The number of aromatic nitrogens is 2. The van der Waals surface area contributed by atoms with E-state index in [9.17, 15) is 4.79 Å². The average Bonchev–Trinajstić information content (AvgIpc) is 2.60. The normalized spacial score (nSPS) is 16.1. The fourth-order valence-corrected chi connectivity index (χ4v) is 1.91. The molecule has 1 heterocycles. The van der Waals surface area contributed by atoms with Gasteiger partial charge in [-0.2, -0.15) is 5.10 Å². The third kappa shape index (κ3) is 2.19. The summed E-state index contributed by atoms with van der Waals surface area (Å²) >= 11 is 0. The van der Waals surface area contributed by atoms with Crippen LogP contribution in [0.2, 0.25) is 0 Å². The van der Waals surface area contributed by atoms with Gasteiger partial charge in [-0.3, -0.25) is 9.89 Å². The molecule has 0 amide bonds. The Bertz CT molecular complexity index is 342. The van der Waals surface area contributed by atoms with E-state index in [1.54, 1.807) is 0 Å². The van der Waals surface area contributed by atoms with Crippen LogP contribution in [-0.4, -0.2) is 23.3 Å². The number of esters is 1. The number of H-pyrrole nitrogens is 1. The average molecular weight is 208 g/mol. The second-order valence-electron chi connectivity index (χ2n) is 4.01. The lowest BCUT2D eigenvalue weighted by molar-refractivity contribution is -0.140. The molecule has 4 nitrogen and oxygen atoms in total. The van der Waals surface area contributed by atoms with Crippen LogP contribution in [0.25, 0.3) is 0 Å². The Labute approximate surface area is 89.0 Å². The molecule has 1 saturated carbocycles. The molecule has 1 aromatic heterocycles. The number of carbonyl (C=O) groups excluding carboxylic acids is 1. The monoisotopic (exact) mass is 208 g/mol. The van der Waals surface area contributed by atoms with Crippen molar-refractivity contribution < 1.29 is 9.53 Å². The van der Waals surface area contributed by atoms with E-state index in [0.717, 1.165) is 6.42 Å². The Balaban J connectivity index is 1.95. The summed E-state index contributed by atoms with van der Waals surface area (Å²) in [6, 6.07) is 0. The van der Waals surface area contributed by atoms with E-state index in [2.05, 4.69) is 14.9 Å². The van der Waals surface area contributed by atoms with Gasteiger partial charge < -0.3 is 4.74 Å². The first-order valence-corrected chi connectivity index (χ1v) is 5.40. The number of methoxy groups -OCH3 is 1. The van der Waals surface area contributed by atoms with Gasteiger partial charge in [0.1, 0.15) is 0 Å². The van der Waals surface area contributed by atoms with Crippen molar-refractivity contribution in [1.82, 2.24) is 10.2 Å². The molecule has 1 fully saturated rings. The van der Waals surface area contributed by atoms with Crippen molar-refractivity contribution in [2.75, 3.05) is 7.11 Å². The van der Waals surface area contributed by atoms with Crippen LogP contribution >= 0.6 is 0 Å². The van der Waals surface area contributed by atoms with Crippen molar-refractivity contribution >= 4 is 5.97 Å². The fraction of sp³-hybridized carbons (Fsp3) is 0.636. The van der Waals surface area contributed by atoms with Gasteiger partial charge in [0.2, 0.25) is 0 Å². The second kappa shape index (κ2) is 4.47. The summed E-state index contributed by atoms with van der Waals surface area (Å²) in [6.07, 6.45) is 6.79. The molecule has 82 valence electrons. The van der Waals surface area contributed by atoms with E-state index in [4.69, 9.17) is 0 Å². The minimum Gasteiger partial charge on any atom is -0.469 e. The summed E-state index contributed by atoms with van der Waals surface area (Å²) in [4.78, 5) is 11.0. The SMILES string of the molecule is COC(=O)CCc1cn[nH]c1C1CCC1. The zero-order valence-corrected chi connectivity index (χ0v) is 8.95. The van der Waals surface area contributed by atoms with Gasteiger partial charge in [0.15, 0.2) is 0 Å². The minimum atomic E-state index is -0.157. The van der Waals surface area contributed by atoms with E-state index in [1.165, 1.54) is 37.6 Å². The van der Waals surface area contributed by atoms with Gasteiger partial charge in [-0.25, -0.2) is 0 Å². The van der Waals surface area contributed by atoms with E-state index < -0.39 is 0 Å². The number of hydrogen-bond acceptors (Lipinski definition) is 3. The molecule has 0 unspecified atom stereocenters. The first-order chi connectivity index (χ1) is 7.31. The smallest absolute Gasteiger partial charge is 0.305 e. The maximum Gasteiger partial charge on any atom is 0.305 e. The number of aromatic amines is 1. The Kier molecular flexibility index (Phi) is 3.04. The summed E-state index contributed by atoms with van der Waals surface area (Å²) in [7, 11) is 1.42. The highest BCUT2D eigenvalue weighted by Crippen LogP contribution is 2.36. The lowest BCUT2D eigenvalue weighted by Gasteiger charge is -2.25. The van der Waals surface area contributed by atoms with E-state index in [1.807, 2.05) is 6.20 Å². The highest BCUT2D eigenvalue weighted by Gasteiger charge is 2.23. The van der Waals surface area contributed by atoms with Crippen LogP contribution in [0, 0.1) is 0 Å². The van der Waals surface area contributed by atoms with Gasteiger partial charge in [-0.15, -0.1) is 0 Å². The lowest BCUT2D eigenvalue weighted by Crippen LogP contribution is -2.12. The molecule has 4 heteroatoms. The van der Waals surface area contributed by atoms with Crippen LogP contribution in [0.1, 0.15) is 42.9 Å². The van der Waals surface area contributed by atoms with Gasteiger partial charge >= 0.3 is 5.97 Å². The summed E-state index contributed by atoms with van der Waals surface area (Å²) in [5, 5.41) is 7.10. The van der Waals surface area contributed by atoms with E-state index in [0.29, 0.717) is 12.3 Å². The third-order valence-corrected chi connectivity index (χ3v) is 3.09. The highest BCUT2D eigenvalue weighted by molar-refractivity contribution is 5.69. The van der Waals surface area contributed by atoms with Crippen molar-refractivity contribution in [3.63, 3.8) is 0 Å². The summed E-state index contributed by atoms with van der Waals surface area (Å²) in [5.41, 5.74) is 2.40. The summed E-state index contributed by atoms with van der Waals surface area (Å²) in [6.45, 7) is 0. The number of aryl methyl sites for hydroxylation is 1. The molecule has 15 heavy (non-hydrogen) atoms. The van der Waals surface area contributed by atoms with Gasteiger partial charge in [0.25, 0.3) is 0 Å². The Morgan fingerprint density at radius 2 is 2.47 bits per heavy atom. The largest absolute Gasteiger partial charge is 0.469 e. The van der Waals surface area contributed by atoms with Gasteiger partial charge in [-0.1, -0.05) is 6.42 Å². The maximum atomic E-state index is 11.0. The Morgan fingerprint density at radius 1 is 1.67 bits per heavy atom. The molecule has 2 rings (SSSR count). The summed E-state index contributed by atoms with van der Waals surface area (Å²) < 4.78 is 4.62. The molecule has 0 aliphatic heterocycles.